The molecule has 10 heavy (non-hydrogen) atoms. The number of rotatable bonds is 0. The van der Waals surface area contributed by atoms with Gasteiger partial charge in [0.1, 0.15) is 0 Å². The summed E-state index contributed by atoms with van der Waals surface area (Å²) in [5.41, 5.74) is 0. The topological polar surface area (TPSA) is 40.5 Å². The number of hydrogen-bond acceptors (Lipinski definition) is 2. The first-order valence-corrected chi connectivity index (χ1v) is 4.95. The van der Waals surface area contributed by atoms with Crippen LogP contribution in [0.5, 0.6) is 0 Å². The van der Waals surface area contributed by atoms with Gasteiger partial charge in [-0.3, -0.25) is 0 Å². The van der Waals surface area contributed by atoms with Gasteiger partial charge < -0.3 is 10.2 Å². The standard InChI is InChI=1S/C7H13IO2/c8-5-1-3-6(9)7(10)4-2-5/h5-7,9-10H,1-4H2/t6-,7-/m0/s1. The van der Waals surface area contributed by atoms with Gasteiger partial charge in [-0.15, -0.1) is 0 Å². The van der Waals surface area contributed by atoms with E-state index in [1.165, 1.54) is 0 Å². The van der Waals surface area contributed by atoms with Gasteiger partial charge >= 0.3 is 0 Å². The molecule has 0 aromatic carbocycles. The van der Waals surface area contributed by atoms with E-state index in [0.29, 0.717) is 3.92 Å². The van der Waals surface area contributed by atoms with E-state index in [4.69, 9.17) is 0 Å². The maximum absolute atomic E-state index is 9.22. The van der Waals surface area contributed by atoms with Crippen LogP contribution in [0.3, 0.4) is 0 Å². The molecule has 60 valence electrons. The second-order valence-corrected chi connectivity index (χ2v) is 4.65. The van der Waals surface area contributed by atoms with Crippen LogP contribution in [-0.4, -0.2) is 26.3 Å². The summed E-state index contributed by atoms with van der Waals surface area (Å²) >= 11 is 2.38. The molecule has 2 atom stereocenters. The van der Waals surface area contributed by atoms with Gasteiger partial charge in [0, 0.05) is 3.92 Å². The van der Waals surface area contributed by atoms with Crippen LogP contribution in [0.15, 0.2) is 0 Å². The molecule has 0 spiro atoms. The molecule has 0 amide bonds. The van der Waals surface area contributed by atoms with Crippen molar-refractivity contribution in [2.24, 2.45) is 0 Å². The van der Waals surface area contributed by atoms with Crippen LogP contribution in [0.4, 0.5) is 0 Å². The molecule has 1 rings (SSSR count). The molecule has 1 fully saturated rings. The Morgan fingerprint density at radius 2 is 1.30 bits per heavy atom. The van der Waals surface area contributed by atoms with Crippen molar-refractivity contribution >= 4 is 22.6 Å². The Morgan fingerprint density at radius 3 is 1.70 bits per heavy atom. The summed E-state index contributed by atoms with van der Waals surface area (Å²) < 4.78 is 0.643. The third-order valence-corrected chi connectivity index (χ3v) is 3.24. The number of aliphatic hydroxyl groups is 2. The maximum Gasteiger partial charge on any atom is 0.0799 e. The third-order valence-electron chi connectivity index (χ3n) is 2.00. The summed E-state index contributed by atoms with van der Waals surface area (Å²) in [4.78, 5) is 0. The van der Waals surface area contributed by atoms with Crippen LogP contribution in [0.1, 0.15) is 25.7 Å². The molecule has 1 saturated carbocycles. The number of alkyl halides is 1. The van der Waals surface area contributed by atoms with Gasteiger partial charge in [-0.2, -0.15) is 0 Å². The van der Waals surface area contributed by atoms with Crippen molar-refractivity contribution in [2.45, 2.75) is 41.8 Å². The lowest BCUT2D eigenvalue weighted by Gasteiger charge is -2.12. The molecule has 0 aromatic heterocycles. The lowest BCUT2D eigenvalue weighted by Crippen LogP contribution is -2.23. The summed E-state index contributed by atoms with van der Waals surface area (Å²) in [5.74, 6) is 0. The quantitative estimate of drug-likeness (QED) is 0.387. The molecule has 0 aromatic rings. The van der Waals surface area contributed by atoms with Gasteiger partial charge in [0.2, 0.25) is 0 Å². The second kappa shape index (κ2) is 3.88. The molecule has 0 heterocycles. The summed E-state index contributed by atoms with van der Waals surface area (Å²) in [6.45, 7) is 0. The van der Waals surface area contributed by atoms with Crippen molar-refractivity contribution in [2.75, 3.05) is 0 Å². The smallest absolute Gasteiger partial charge is 0.0799 e. The Balaban J connectivity index is 2.38. The highest BCUT2D eigenvalue weighted by Crippen LogP contribution is 2.23. The van der Waals surface area contributed by atoms with E-state index >= 15 is 0 Å². The van der Waals surface area contributed by atoms with Crippen LogP contribution in [-0.2, 0) is 0 Å². The highest BCUT2D eigenvalue weighted by atomic mass is 127. The first-order valence-electron chi connectivity index (χ1n) is 3.70. The van der Waals surface area contributed by atoms with E-state index in [2.05, 4.69) is 22.6 Å². The zero-order chi connectivity index (χ0) is 7.56. The second-order valence-electron chi connectivity index (χ2n) is 2.89. The third kappa shape index (κ3) is 2.36. The predicted molar refractivity (Wildman–Crippen MR) is 48.3 cm³/mol. The molecule has 2 N–H and O–H groups in total. The fraction of sp³-hybridized carbons (Fsp3) is 1.00. The van der Waals surface area contributed by atoms with Crippen LogP contribution in [0, 0.1) is 0 Å². The molecule has 0 unspecified atom stereocenters. The lowest BCUT2D eigenvalue weighted by molar-refractivity contribution is 0.0157. The van der Waals surface area contributed by atoms with Gasteiger partial charge in [-0.25, -0.2) is 0 Å². The molecule has 0 bridgehead atoms. The minimum atomic E-state index is -0.472. The Hall–Kier alpha value is 0.650. The summed E-state index contributed by atoms with van der Waals surface area (Å²) in [6.07, 6.45) is 2.65. The summed E-state index contributed by atoms with van der Waals surface area (Å²) in [5, 5.41) is 18.4. The Morgan fingerprint density at radius 1 is 0.900 bits per heavy atom. The molecule has 1 aliphatic carbocycles. The SMILES string of the molecule is O[C@H]1CCC(I)CC[C@@H]1O. The highest BCUT2D eigenvalue weighted by molar-refractivity contribution is 14.1. The molecular weight excluding hydrogens is 243 g/mol. The number of aliphatic hydroxyl groups excluding tert-OH is 2. The maximum atomic E-state index is 9.22. The van der Waals surface area contributed by atoms with E-state index in [1.807, 2.05) is 0 Å². The summed E-state index contributed by atoms with van der Waals surface area (Å²) in [6, 6.07) is 0. The molecule has 0 aliphatic heterocycles. The molecule has 1 aliphatic rings. The van der Waals surface area contributed by atoms with Gasteiger partial charge in [0.15, 0.2) is 0 Å². The van der Waals surface area contributed by atoms with Crippen molar-refractivity contribution < 1.29 is 10.2 Å². The number of halogens is 1. The minimum Gasteiger partial charge on any atom is -0.390 e. The minimum absolute atomic E-state index is 0.472. The first kappa shape index (κ1) is 8.74. The highest BCUT2D eigenvalue weighted by Gasteiger charge is 2.22. The van der Waals surface area contributed by atoms with Crippen LogP contribution >= 0.6 is 22.6 Å². The van der Waals surface area contributed by atoms with E-state index < -0.39 is 12.2 Å². The van der Waals surface area contributed by atoms with Gasteiger partial charge in [-0.1, -0.05) is 22.6 Å². The van der Waals surface area contributed by atoms with Crippen molar-refractivity contribution in [1.82, 2.24) is 0 Å². The normalized spacial score (nSPS) is 37.5. The summed E-state index contributed by atoms with van der Waals surface area (Å²) in [7, 11) is 0. The average molecular weight is 256 g/mol. The fourth-order valence-electron chi connectivity index (χ4n) is 1.23. The molecule has 2 nitrogen and oxygen atoms in total. The zero-order valence-corrected chi connectivity index (χ0v) is 7.99. The van der Waals surface area contributed by atoms with E-state index in [9.17, 15) is 10.2 Å². The van der Waals surface area contributed by atoms with Crippen LogP contribution in [0.25, 0.3) is 0 Å². The predicted octanol–water partition coefficient (Wildman–Crippen LogP) is 1.09. The van der Waals surface area contributed by atoms with E-state index in [0.717, 1.165) is 25.7 Å². The molecule has 0 radical (unpaired) electrons. The molecular formula is C7H13IO2. The number of hydrogen-bond donors (Lipinski definition) is 2. The monoisotopic (exact) mass is 256 g/mol. The van der Waals surface area contributed by atoms with Crippen LogP contribution in [0.2, 0.25) is 0 Å². The zero-order valence-electron chi connectivity index (χ0n) is 5.83. The van der Waals surface area contributed by atoms with Crippen molar-refractivity contribution in [3.05, 3.63) is 0 Å². The van der Waals surface area contributed by atoms with E-state index in [-0.39, 0.29) is 0 Å². The van der Waals surface area contributed by atoms with Crippen molar-refractivity contribution in [3.8, 4) is 0 Å². The van der Waals surface area contributed by atoms with Crippen LogP contribution < -0.4 is 0 Å². The van der Waals surface area contributed by atoms with E-state index in [1.54, 1.807) is 0 Å². The Bertz CT molecular complexity index is 95.8. The Kier molecular flexibility index (Phi) is 3.39. The van der Waals surface area contributed by atoms with Crippen molar-refractivity contribution in [1.29, 1.82) is 0 Å². The van der Waals surface area contributed by atoms with Crippen molar-refractivity contribution in [3.63, 3.8) is 0 Å². The molecule has 0 saturated heterocycles. The van der Waals surface area contributed by atoms with Gasteiger partial charge in [0.25, 0.3) is 0 Å². The first-order chi connectivity index (χ1) is 4.70. The Labute approximate surface area is 74.8 Å². The van der Waals surface area contributed by atoms with Gasteiger partial charge in [0.05, 0.1) is 12.2 Å². The fourth-order valence-corrected chi connectivity index (χ4v) is 1.95. The largest absolute Gasteiger partial charge is 0.390 e. The average Bonchev–Trinajstić information content (AvgIpc) is 2.04. The van der Waals surface area contributed by atoms with Gasteiger partial charge in [-0.05, 0) is 25.7 Å². The lowest BCUT2D eigenvalue weighted by atomic mass is 10.1. The molecule has 3 heteroatoms.